The first-order valence-corrected chi connectivity index (χ1v) is 8.40. The van der Waals surface area contributed by atoms with E-state index in [-0.39, 0.29) is 5.66 Å². The average Bonchev–Trinajstić information content (AvgIpc) is 2.85. The molecule has 2 aliphatic rings. The number of thioether (sulfide) groups is 1. The number of nitrogens with zero attached hydrogens (tertiary/aromatic N) is 2. The van der Waals surface area contributed by atoms with Gasteiger partial charge in [0.15, 0.2) is 5.66 Å². The molecule has 1 N–H and O–H groups in total. The molecule has 0 aromatic heterocycles. The molecule has 1 saturated heterocycles. The normalized spacial score (nSPS) is 20.9. The quantitative estimate of drug-likeness (QED) is 0.927. The minimum Gasteiger partial charge on any atom is -0.316 e. The van der Waals surface area contributed by atoms with Gasteiger partial charge in [-0.25, -0.2) is 4.99 Å². The summed E-state index contributed by atoms with van der Waals surface area (Å²) in [7, 11) is 0. The van der Waals surface area contributed by atoms with E-state index in [4.69, 9.17) is 9.98 Å². The summed E-state index contributed by atoms with van der Waals surface area (Å²) in [6, 6.07) is 10.5. The van der Waals surface area contributed by atoms with E-state index in [1.54, 1.807) is 0 Å². The third kappa shape index (κ3) is 2.81. The van der Waals surface area contributed by atoms with Crippen LogP contribution in [0, 0.1) is 0 Å². The second-order valence-electron chi connectivity index (χ2n) is 5.32. The highest BCUT2D eigenvalue weighted by Gasteiger charge is 2.37. The number of hydrogen-bond donors (Lipinski definition) is 1. The Morgan fingerprint density at radius 2 is 1.90 bits per heavy atom. The van der Waals surface area contributed by atoms with Crippen LogP contribution in [-0.4, -0.2) is 35.3 Å². The van der Waals surface area contributed by atoms with E-state index < -0.39 is 0 Å². The fourth-order valence-corrected chi connectivity index (χ4v) is 3.59. The zero-order valence-corrected chi connectivity index (χ0v) is 12.7. The molecule has 3 rings (SSSR count). The van der Waals surface area contributed by atoms with Crippen molar-refractivity contribution >= 4 is 22.5 Å². The highest BCUT2D eigenvalue weighted by Crippen LogP contribution is 2.33. The molecule has 3 nitrogen and oxygen atoms in total. The lowest BCUT2D eigenvalue weighted by atomic mass is 10.0. The van der Waals surface area contributed by atoms with Crippen molar-refractivity contribution in [2.24, 2.45) is 9.98 Å². The van der Waals surface area contributed by atoms with Crippen molar-refractivity contribution < 1.29 is 0 Å². The number of rotatable bonds is 3. The second-order valence-corrected chi connectivity index (χ2v) is 6.41. The van der Waals surface area contributed by atoms with Crippen LogP contribution < -0.4 is 5.32 Å². The van der Waals surface area contributed by atoms with Gasteiger partial charge in [-0.15, -0.1) is 11.8 Å². The van der Waals surface area contributed by atoms with E-state index in [0.717, 1.165) is 42.4 Å². The Morgan fingerprint density at radius 1 is 1.15 bits per heavy atom. The van der Waals surface area contributed by atoms with Gasteiger partial charge in [-0.05, 0) is 25.3 Å². The maximum Gasteiger partial charge on any atom is 0.154 e. The van der Waals surface area contributed by atoms with Crippen molar-refractivity contribution in [2.75, 3.05) is 18.8 Å². The first-order valence-electron chi connectivity index (χ1n) is 7.42. The minimum absolute atomic E-state index is 0.188. The number of benzene rings is 1. The molecule has 2 heterocycles. The van der Waals surface area contributed by atoms with Crippen LogP contribution in [-0.2, 0) is 0 Å². The first kappa shape index (κ1) is 13.8. The molecular formula is C16H21N3S. The van der Waals surface area contributed by atoms with Gasteiger partial charge < -0.3 is 5.32 Å². The van der Waals surface area contributed by atoms with Gasteiger partial charge in [-0.1, -0.05) is 37.3 Å². The number of nitrogens with one attached hydrogen (secondary N) is 1. The fraction of sp³-hybridized carbons (Fsp3) is 0.500. The number of piperidine rings is 1. The molecule has 20 heavy (non-hydrogen) atoms. The Hall–Kier alpha value is -1.13. The Bertz CT molecular complexity index is 516. The Morgan fingerprint density at radius 3 is 2.60 bits per heavy atom. The zero-order chi connectivity index (χ0) is 13.8. The summed E-state index contributed by atoms with van der Waals surface area (Å²) in [4.78, 5) is 10.0. The third-order valence-corrected chi connectivity index (χ3v) is 4.90. The molecular weight excluding hydrogens is 266 g/mol. The molecule has 1 spiro atoms. The van der Waals surface area contributed by atoms with Gasteiger partial charge in [-0.3, -0.25) is 4.99 Å². The average molecular weight is 287 g/mol. The topological polar surface area (TPSA) is 36.8 Å². The molecule has 1 aromatic carbocycles. The SMILES string of the molecule is CCCSC1=NC2(CCNCC2)N=C1c1ccccc1. The molecule has 1 aromatic rings. The molecule has 0 amide bonds. The van der Waals surface area contributed by atoms with Crippen LogP contribution in [0.1, 0.15) is 31.7 Å². The maximum atomic E-state index is 5.04. The van der Waals surface area contributed by atoms with Gasteiger partial charge in [0.1, 0.15) is 5.04 Å². The van der Waals surface area contributed by atoms with Crippen molar-refractivity contribution in [3.05, 3.63) is 35.9 Å². The van der Waals surface area contributed by atoms with Gasteiger partial charge in [-0.2, -0.15) is 0 Å². The summed E-state index contributed by atoms with van der Waals surface area (Å²) in [5, 5.41) is 4.54. The number of aliphatic imine (C=N–C) groups is 2. The predicted molar refractivity (Wildman–Crippen MR) is 88.0 cm³/mol. The van der Waals surface area contributed by atoms with Crippen molar-refractivity contribution in [2.45, 2.75) is 31.8 Å². The van der Waals surface area contributed by atoms with Crippen molar-refractivity contribution in [3.8, 4) is 0 Å². The molecule has 0 bridgehead atoms. The lowest BCUT2D eigenvalue weighted by Crippen LogP contribution is -2.38. The Labute approximate surface area is 125 Å². The first-order chi connectivity index (χ1) is 9.83. The second kappa shape index (κ2) is 6.10. The molecule has 2 aliphatic heterocycles. The van der Waals surface area contributed by atoms with Crippen molar-refractivity contribution in [1.29, 1.82) is 0 Å². The van der Waals surface area contributed by atoms with Crippen LogP contribution in [0.15, 0.2) is 40.3 Å². The van der Waals surface area contributed by atoms with Crippen LogP contribution in [0.25, 0.3) is 0 Å². The summed E-state index contributed by atoms with van der Waals surface area (Å²) in [6.07, 6.45) is 3.19. The highest BCUT2D eigenvalue weighted by molar-refractivity contribution is 8.15. The van der Waals surface area contributed by atoms with Gasteiger partial charge in [0.05, 0.1) is 5.71 Å². The standard InChI is InChI=1S/C16H21N3S/c1-2-12-20-15-14(13-6-4-3-5-7-13)18-16(19-15)8-10-17-11-9-16/h3-7,17H,2,8-12H2,1H3. The fourth-order valence-electron chi connectivity index (χ4n) is 2.66. The van der Waals surface area contributed by atoms with Gasteiger partial charge >= 0.3 is 0 Å². The largest absolute Gasteiger partial charge is 0.316 e. The summed E-state index contributed by atoms with van der Waals surface area (Å²) in [5.74, 6) is 1.11. The van der Waals surface area contributed by atoms with E-state index >= 15 is 0 Å². The zero-order valence-electron chi connectivity index (χ0n) is 11.9. The summed E-state index contributed by atoms with van der Waals surface area (Å²) < 4.78 is 0. The van der Waals surface area contributed by atoms with Crippen LogP contribution in [0.4, 0.5) is 0 Å². The van der Waals surface area contributed by atoms with E-state index in [1.807, 2.05) is 11.8 Å². The molecule has 0 saturated carbocycles. The monoisotopic (exact) mass is 287 g/mol. The van der Waals surface area contributed by atoms with E-state index in [9.17, 15) is 0 Å². The number of hydrogen-bond acceptors (Lipinski definition) is 4. The molecule has 106 valence electrons. The maximum absolute atomic E-state index is 5.04. The Kier molecular flexibility index (Phi) is 4.22. The lowest BCUT2D eigenvalue weighted by molar-refractivity contribution is 0.332. The molecule has 0 atom stereocenters. The smallest absolute Gasteiger partial charge is 0.154 e. The predicted octanol–water partition coefficient (Wildman–Crippen LogP) is 3.11. The lowest BCUT2D eigenvalue weighted by Gasteiger charge is -2.27. The van der Waals surface area contributed by atoms with Crippen LogP contribution >= 0.6 is 11.8 Å². The van der Waals surface area contributed by atoms with Gasteiger partial charge in [0.2, 0.25) is 0 Å². The van der Waals surface area contributed by atoms with Crippen molar-refractivity contribution in [1.82, 2.24) is 5.32 Å². The van der Waals surface area contributed by atoms with Crippen LogP contribution in [0.3, 0.4) is 0 Å². The highest BCUT2D eigenvalue weighted by atomic mass is 32.2. The third-order valence-electron chi connectivity index (χ3n) is 3.73. The molecule has 4 heteroatoms. The summed E-state index contributed by atoms with van der Waals surface area (Å²) in [6.45, 7) is 4.24. The van der Waals surface area contributed by atoms with E-state index in [1.165, 1.54) is 12.0 Å². The van der Waals surface area contributed by atoms with E-state index in [2.05, 4.69) is 42.6 Å². The molecule has 0 radical (unpaired) electrons. The molecule has 0 unspecified atom stereocenters. The van der Waals surface area contributed by atoms with Crippen molar-refractivity contribution in [3.63, 3.8) is 0 Å². The summed E-state index contributed by atoms with van der Waals surface area (Å²) >= 11 is 1.85. The van der Waals surface area contributed by atoms with Gasteiger partial charge in [0, 0.05) is 18.4 Å². The minimum atomic E-state index is -0.188. The van der Waals surface area contributed by atoms with E-state index in [0.29, 0.717) is 0 Å². The Balaban J connectivity index is 1.92. The van der Waals surface area contributed by atoms with Gasteiger partial charge in [0.25, 0.3) is 0 Å². The van der Waals surface area contributed by atoms with Crippen LogP contribution in [0.5, 0.6) is 0 Å². The molecule has 1 fully saturated rings. The molecule has 0 aliphatic carbocycles. The van der Waals surface area contributed by atoms with Crippen LogP contribution in [0.2, 0.25) is 0 Å². The summed E-state index contributed by atoms with van der Waals surface area (Å²) in [5.41, 5.74) is 2.11.